The van der Waals surface area contributed by atoms with Crippen LogP contribution < -0.4 is 0 Å². The van der Waals surface area contributed by atoms with Crippen LogP contribution in [0.25, 0.3) is 0 Å². The van der Waals surface area contributed by atoms with Crippen LogP contribution >= 0.6 is 11.8 Å². The van der Waals surface area contributed by atoms with Gasteiger partial charge in [-0.2, -0.15) is 0 Å². The molecule has 0 saturated heterocycles. The van der Waals surface area contributed by atoms with Gasteiger partial charge in [0.2, 0.25) is 0 Å². The molecule has 0 aromatic rings. The van der Waals surface area contributed by atoms with Crippen LogP contribution in [0.1, 0.15) is 105 Å². The normalized spacial score (nSPS) is 17.8. The average molecular weight is 467 g/mol. The summed E-state index contributed by atoms with van der Waals surface area (Å²) in [5.74, 6) is 2.69. The predicted molar refractivity (Wildman–Crippen MR) is 135 cm³/mol. The molecule has 0 heterocycles. The van der Waals surface area contributed by atoms with Gasteiger partial charge in [-0.3, -0.25) is 9.59 Å². The van der Waals surface area contributed by atoms with Gasteiger partial charge in [0.25, 0.3) is 0 Å². The minimum atomic E-state index is -0.501. The number of ether oxygens (including phenoxy) is 2. The molecule has 0 radical (unpaired) electrons. The number of carbonyl (C=O) groups is 2. The first-order chi connectivity index (χ1) is 15.2. The van der Waals surface area contributed by atoms with Crippen molar-refractivity contribution in [1.82, 2.24) is 0 Å². The van der Waals surface area contributed by atoms with Gasteiger partial charge < -0.3 is 9.47 Å². The number of carbonyl (C=O) groups excluding carboxylic acids is 2. The monoisotopic (exact) mass is 466 g/mol. The van der Waals surface area contributed by atoms with Crippen LogP contribution in [0.2, 0.25) is 0 Å². The van der Waals surface area contributed by atoms with Crippen molar-refractivity contribution in [2.45, 2.75) is 105 Å². The predicted octanol–water partition coefficient (Wildman–Crippen LogP) is 7.83. The number of methoxy groups -OCH3 is 1. The molecule has 1 aliphatic rings. The lowest BCUT2D eigenvalue weighted by Gasteiger charge is -2.18. The van der Waals surface area contributed by atoms with E-state index in [0.717, 1.165) is 56.0 Å². The molecule has 1 aliphatic carbocycles. The number of hydrogen-bond donors (Lipinski definition) is 0. The van der Waals surface area contributed by atoms with E-state index in [2.05, 4.69) is 26.0 Å². The fourth-order valence-electron chi connectivity index (χ4n) is 3.66. The van der Waals surface area contributed by atoms with Crippen LogP contribution in [0.5, 0.6) is 0 Å². The highest BCUT2D eigenvalue weighted by atomic mass is 32.2. The SMILES string of the molecule is CCCC[C@@H](C)CC/C=C/[C@H]1CCC(OC(=O)C(C)(C)C)=C1SCCCCCC(=O)OC. The van der Waals surface area contributed by atoms with Gasteiger partial charge in [-0.05, 0) is 64.5 Å². The van der Waals surface area contributed by atoms with Gasteiger partial charge in [0.05, 0.1) is 12.5 Å². The number of thioether (sulfide) groups is 1. The maximum atomic E-state index is 12.5. The molecule has 1 rings (SSSR count). The molecule has 32 heavy (non-hydrogen) atoms. The van der Waals surface area contributed by atoms with Crippen LogP contribution in [0.3, 0.4) is 0 Å². The highest BCUT2D eigenvalue weighted by Crippen LogP contribution is 2.42. The summed E-state index contributed by atoms with van der Waals surface area (Å²) < 4.78 is 10.6. The maximum absolute atomic E-state index is 12.5. The molecule has 0 fully saturated rings. The lowest BCUT2D eigenvalue weighted by Crippen LogP contribution is -2.22. The Labute approximate surface area is 201 Å². The van der Waals surface area contributed by atoms with E-state index in [1.54, 1.807) is 0 Å². The van der Waals surface area contributed by atoms with Crippen molar-refractivity contribution >= 4 is 23.7 Å². The molecule has 0 spiro atoms. The third-order valence-corrected chi connectivity index (χ3v) is 7.21. The number of unbranched alkanes of at least 4 members (excludes halogenated alkanes) is 3. The van der Waals surface area contributed by atoms with E-state index < -0.39 is 5.41 Å². The second-order valence-corrected chi connectivity index (χ2v) is 11.2. The van der Waals surface area contributed by atoms with E-state index in [-0.39, 0.29) is 11.9 Å². The summed E-state index contributed by atoms with van der Waals surface area (Å²) in [6, 6.07) is 0. The summed E-state index contributed by atoms with van der Waals surface area (Å²) in [5, 5.41) is 0. The zero-order valence-electron chi connectivity index (χ0n) is 21.3. The average Bonchev–Trinajstić information content (AvgIpc) is 3.12. The third kappa shape index (κ3) is 11.6. The van der Waals surface area contributed by atoms with Gasteiger partial charge in [-0.15, -0.1) is 11.8 Å². The number of hydrogen-bond acceptors (Lipinski definition) is 5. The fourth-order valence-corrected chi connectivity index (χ4v) is 4.94. The summed E-state index contributed by atoms with van der Waals surface area (Å²) in [4.78, 5) is 25.0. The Kier molecular flexibility index (Phi) is 14.0. The van der Waals surface area contributed by atoms with Gasteiger partial charge in [0, 0.05) is 23.7 Å². The Hall–Kier alpha value is -1.23. The molecule has 0 bridgehead atoms. The van der Waals surface area contributed by atoms with Crippen LogP contribution in [0.15, 0.2) is 22.8 Å². The van der Waals surface area contributed by atoms with Crippen molar-refractivity contribution in [2.75, 3.05) is 12.9 Å². The number of allylic oxidation sites excluding steroid dienone is 4. The zero-order chi connectivity index (χ0) is 24.0. The fraction of sp³-hybridized carbons (Fsp3) is 0.778. The Morgan fingerprint density at radius 1 is 1.16 bits per heavy atom. The van der Waals surface area contributed by atoms with E-state index in [0.29, 0.717) is 12.3 Å². The van der Waals surface area contributed by atoms with Crippen LogP contribution in [-0.2, 0) is 19.1 Å². The minimum absolute atomic E-state index is 0.137. The summed E-state index contributed by atoms with van der Waals surface area (Å²) >= 11 is 1.83. The first-order valence-electron chi connectivity index (χ1n) is 12.5. The van der Waals surface area contributed by atoms with Crippen molar-refractivity contribution in [1.29, 1.82) is 0 Å². The first kappa shape index (κ1) is 28.8. The van der Waals surface area contributed by atoms with Crippen molar-refractivity contribution < 1.29 is 19.1 Å². The number of esters is 2. The summed E-state index contributed by atoms with van der Waals surface area (Å²) in [6.45, 7) is 10.3. The second-order valence-electron chi connectivity index (χ2n) is 10.1. The molecule has 2 atom stereocenters. The minimum Gasteiger partial charge on any atom is -0.469 e. The van der Waals surface area contributed by atoms with E-state index in [9.17, 15) is 9.59 Å². The third-order valence-electron chi connectivity index (χ3n) is 5.88. The maximum Gasteiger partial charge on any atom is 0.316 e. The van der Waals surface area contributed by atoms with Gasteiger partial charge >= 0.3 is 11.9 Å². The van der Waals surface area contributed by atoms with E-state index in [1.807, 2.05) is 32.5 Å². The van der Waals surface area contributed by atoms with Gasteiger partial charge in [0.15, 0.2) is 0 Å². The molecule has 5 heteroatoms. The second kappa shape index (κ2) is 15.6. The molecular formula is C27H46O4S. The Morgan fingerprint density at radius 2 is 1.91 bits per heavy atom. The first-order valence-corrected chi connectivity index (χ1v) is 13.5. The highest BCUT2D eigenvalue weighted by Gasteiger charge is 2.30. The summed E-state index contributed by atoms with van der Waals surface area (Å²) in [7, 11) is 1.44. The molecule has 0 aromatic heterocycles. The molecule has 0 aliphatic heterocycles. The zero-order valence-corrected chi connectivity index (χ0v) is 22.2. The molecule has 0 unspecified atom stereocenters. The van der Waals surface area contributed by atoms with E-state index in [1.165, 1.54) is 37.7 Å². The standard InChI is InChI=1S/C27H46O4S/c1-7-8-14-21(2)15-11-12-16-22-18-19-23(31-26(29)27(3,4)5)25(22)32-20-13-9-10-17-24(28)30-6/h12,16,21-22H,7-11,13-15,17-20H2,1-6H3/b16-12+/t21-,22+/m1/s1. The van der Waals surface area contributed by atoms with Crippen molar-refractivity contribution in [3.05, 3.63) is 22.8 Å². The van der Waals surface area contributed by atoms with Gasteiger partial charge in [-0.25, -0.2) is 0 Å². The molecular weight excluding hydrogens is 420 g/mol. The Bertz CT molecular complexity index is 630. The lowest BCUT2D eigenvalue weighted by molar-refractivity contribution is -0.148. The van der Waals surface area contributed by atoms with Crippen molar-refractivity contribution in [3.8, 4) is 0 Å². The molecule has 0 aromatic carbocycles. The molecule has 0 amide bonds. The summed E-state index contributed by atoms with van der Waals surface area (Å²) in [6.07, 6.45) is 16.2. The quantitative estimate of drug-likeness (QED) is 0.140. The van der Waals surface area contributed by atoms with Crippen molar-refractivity contribution in [3.63, 3.8) is 0 Å². The van der Waals surface area contributed by atoms with Crippen LogP contribution in [-0.4, -0.2) is 24.8 Å². The molecule has 0 saturated carbocycles. The van der Waals surface area contributed by atoms with Crippen LogP contribution in [0, 0.1) is 17.3 Å². The van der Waals surface area contributed by atoms with Gasteiger partial charge in [-0.1, -0.05) is 51.7 Å². The lowest BCUT2D eigenvalue weighted by atomic mass is 9.97. The number of rotatable bonds is 15. The van der Waals surface area contributed by atoms with Crippen LogP contribution in [0.4, 0.5) is 0 Å². The molecule has 184 valence electrons. The Balaban J connectivity index is 2.65. The Morgan fingerprint density at radius 3 is 2.56 bits per heavy atom. The van der Waals surface area contributed by atoms with E-state index in [4.69, 9.17) is 9.47 Å². The molecule has 4 nitrogen and oxygen atoms in total. The van der Waals surface area contributed by atoms with Crippen molar-refractivity contribution in [2.24, 2.45) is 17.3 Å². The molecule has 0 N–H and O–H groups in total. The largest absolute Gasteiger partial charge is 0.469 e. The summed E-state index contributed by atoms with van der Waals surface area (Å²) in [5.41, 5.74) is -0.501. The highest BCUT2D eigenvalue weighted by molar-refractivity contribution is 8.03. The van der Waals surface area contributed by atoms with Gasteiger partial charge in [0.1, 0.15) is 5.76 Å². The van der Waals surface area contributed by atoms with E-state index >= 15 is 0 Å². The smallest absolute Gasteiger partial charge is 0.316 e. The topological polar surface area (TPSA) is 52.6 Å².